The molecule has 15 heavy (non-hydrogen) atoms. The van der Waals surface area contributed by atoms with Crippen LogP contribution in [0.5, 0.6) is 0 Å². The fraction of sp³-hybridized carbons (Fsp3) is 0.100. The summed E-state index contributed by atoms with van der Waals surface area (Å²) in [5.41, 5.74) is -0.329. The summed E-state index contributed by atoms with van der Waals surface area (Å²) in [7, 11) is 1.15. The highest BCUT2D eigenvalue weighted by Gasteiger charge is 2.09. The number of carbonyl (C=O) groups excluding carboxylic acids is 1. The minimum atomic E-state index is -2.03. The van der Waals surface area contributed by atoms with E-state index in [1.165, 1.54) is 0 Å². The third kappa shape index (κ3) is 2.83. The molecule has 0 saturated heterocycles. The lowest BCUT2D eigenvalue weighted by Gasteiger charge is -2.01. The lowest BCUT2D eigenvalue weighted by Crippen LogP contribution is -2.01. The summed E-state index contributed by atoms with van der Waals surface area (Å²) in [6, 6.07) is 3.09. The molecular formula is C10H7F3O2. The standard InChI is InChI=1S/C10H7F3O2/c1-15-10(14)6-2-3-8(11)7(4-6)5-9(12)13/h2-5H,1H3. The molecule has 0 amide bonds. The van der Waals surface area contributed by atoms with Crippen molar-refractivity contribution in [3.05, 3.63) is 41.2 Å². The van der Waals surface area contributed by atoms with E-state index >= 15 is 0 Å². The largest absolute Gasteiger partial charge is 0.465 e. The molecule has 0 spiro atoms. The van der Waals surface area contributed by atoms with Crippen LogP contribution in [0.3, 0.4) is 0 Å². The Bertz CT molecular complexity index is 409. The zero-order chi connectivity index (χ0) is 11.4. The van der Waals surface area contributed by atoms with Crippen molar-refractivity contribution >= 4 is 12.0 Å². The molecule has 1 aromatic rings. The number of hydrogen-bond donors (Lipinski definition) is 0. The minimum absolute atomic E-state index is 0.0198. The Morgan fingerprint density at radius 1 is 1.40 bits per heavy atom. The predicted molar refractivity (Wildman–Crippen MR) is 47.9 cm³/mol. The average molecular weight is 216 g/mol. The third-order valence-corrected chi connectivity index (χ3v) is 1.68. The maximum Gasteiger partial charge on any atom is 0.337 e. The Morgan fingerprint density at radius 2 is 2.07 bits per heavy atom. The molecule has 0 aliphatic heterocycles. The maximum atomic E-state index is 13.0. The van der Waals surface area contributed by atoms with Gasteiger partial charge in [0.25, 0.3) is 6.08 Å². The van der Waals surface area contributed by atoms with Gasteiger partial charge in [0.2, 0.25) is 0 Å². The van der Waals surface area contributed by atoms with E-state index < -0.39 is 17.9 Å². The number of benzene rings is 1. The summed E-state index contributed by atoms with van der Waals surface area (Å²) in [5.74, 6) is -1.53. The molecule has 0 aromatic heterocycles. The van der Waals surface area contributed by atoms with E-state index in [2.05, 4.69) is 4.74 Å². The first-order valence-corrected chi connectivity index (χ1v) is 3.95. The highest BCUT2D eigenvalue weighted by Crippen LogP contribution is 2.16. The van der Waals surface area contributed by atoms with Gasteiger partial charge in [0, 0.05) is 11.6 Å². The minimum Gasteiger partial charge on any atom is -0.465 e. The fourth-order valence-corrected chi connectivity index (χ4v) is 1.02. The van der Waals surface area contributed by atoms with Gasteiger partial charge in [-0.15, -0.1) is 0 Å². The smallest absolute Gasteiger partial charge is 0.337 e. The van der Waals surface area contributed by atoms with Crippen molar-refractivity contribution in [1.29, 1.82) is 0 Å². The number of carbonyl (C=O) groups is 1. The van der Waals surface area contributed by atoms with Gasteiger partial charge in [-0.3, -0.25) is 0 Å². The van der Waals surface area contributed by atoms with Crippen LogP contribution in [0.2, 0.25) is 0 Å². The monoisotopic (exact) mass is 216 g/mol. The molecule has 0 bridgehead atoms. The summed E-state index contributed by atoms with van der Waals surface area (Å²) >= 11 is 0. The number of halogens is 3. The summed E-state index contributed by atoms with van der Waals surface area (Å²) in [5, 5.41) is 0. The molecule has 0 unspecified atom stereocenters. The molecule has 1 aromatic carbocycles. The first kappa shape index (κ1) is 11.3. The van der Waals surface area contributed by atoms with Crippen LogP contribution >= 0.6 is 0 Å². The quantitative estimate of drug-likeness (QED) is 0.710. The van der Waals surface area contributed by atoms with Crippen LogP contribution in [0.1, 0.15) is 15.9 Å². The molecule has 0 radical (unpaired) electrons. The second kappa shape index (κ2) is 4.63. The van der Waals surface area contributed by atoms with E-state index in [1.807, 2.05) is 0 Å². The van der Waals surface area contributed by atoms with Gasteiger partial charge < -0.3 is 4.74 Å². The number of hydrogen-bond acceptors (Lipinski definition) is 2. The van der Waals surface area contributed by atoms with Gasteiger partial charge in [-0.25, -0.2) is 9.18 Å². The van der Waals surface area contributed by atoms with Gasteiger partial charge in [0.1, 0.15) is 5.82 Å². The number of methoxy groups -OCH3 is 1. The van der Waals surface area contributed by atoms with Crippen molar-refractivity contribution in [2.75, 3.05) is 7.11 Å². The highest BCUT2D eigenvalue weighted by molar-refractivity contribution is 5.90. The zero-order valence-corrected chi connectivity index (χ0v) is 7.76. The van der Waals surface area contributed by atoms with Crippen LogP contribution in [0, 0.1) is 5.82 Å². The van der Waals surface area contributed by atoms with Gasteiger partial charge in [-0.2, -0.15) is 8.78 Å². The molecule has 0 aliphatic carbocycles. The Balaban J connectivity index is 3.16. The van der Waals surface area contributed by atoms with E-state index in [1.54, 1.807) is 0 Å². The lowest BCUT2D eigenvalue weighted by atomic mass is 10.1. The third-order valence-electron chi connectivity index (χ3n) is 1.68. The van der Waals surface area contributed by atoms with E-state index in [4.69, 9.17) is 0 Å². The molecular weight excluding hydrogens is 209 g/mol. The first-order chi connectivity index (χ1) is 7.04. The summed E-state index contributed by atoms with van der Waals surface area (Å²) < 4.78 is 41.1. The summed E-state index contributed by atoms with van der Waals surface area (Å²) in [4.78, 5) is 11.0. The second-order valence-electron chi connectivity index (χ2n) is 2.66. The number of rotatable bonds is 2. The molecule has 80 valence electrons. The Hall–Kier alpha value is -1.78. The van der Waals surface area contributed by atoms with Crippen molar-refractivity contribution in [1.82, 2.24) is 0 Å². The Kier molecular flexibility index (Phi) is 3.49. The number of ether oxygens (including phenoxy) is 1. The first-order valence-electron chi connectivity index (χ1n) is 3.95. The van der Waals surface area contributed by atoms with E-state index in [0.717, 1.165) is 25.3 Å². The molecule has 0 saturated carbocycles. The molecule has 2 nitrogen and oxygen atoms in total. The van der Waals surface area contributed by atoms with E-state index in [-0.39, 0.29) is 11.1 Å². The molecule has 0 fully saturated rings. The van der Waals surface area contributed by atoms with Gasteiger partial charge in [0.15, 0.2) is 0 Å². The van der Waals surface area contributed by atoms with Crippen molar-refractivity contribution in [3.8, 4) is 0 Å². The fourth-order valence-electron chi connectivity index (χ4n) is 1.02. The van der Waals surface area contributed by atoms with Crippen LogP contribution in [0.4, 0.5) is 13.2 Å². The predicted octanol–water partition coefficient (Wildman–Crippen LogP) is 2.85. The van der Waals surface area contributed by atoms with E-state index in [0.29, 0.717) is 6.08 Å². The molecule has 0 aliphatic rings. The van der Waals surface area contributed by atoms with Crippen LogP contribution in [-0.2, 0) is 4.74 Å². The van der Waals surface area contributed by atoms with Gasteiger partial charge in [-0.05, 0) is 18.2 Å². The van der Waals surface area contributed by atoms with E-state index in [9.17, 15) is 18.0 Å². The molecule has 0 heterocycles. The Morgan fingerprint density at radius 3 is 2.60 bits per heavy atom. The molecule has 0 atom stereocenters. The van der Waals surface area contributed by atoms with Crippen molar-refractivity contribution in [3.63, 3.8) is 0 Å². The van der Waals surface area contributed by atoms with Crippen molar-refractivity contribution in [2.45, 2.75) is 0 Å². The Labute approximate surface area is 84.0 Å². The van der Waals surface area contributed by atoms with Gasteiger partial charge in [-0.1, -0.05) is 0 Å². The van der Waals surface area contributed by atoms with Crippen LogP contribution in [0.15, 0.2) is 24.3 Å². The zero-order valence-electron chi connectivity index (χ0n) is 7.76. The van der Waals surface area contributed by atoms with Crippen LogP contribution in [-0.4, -0.2) is 13.1 Å². The van der Waals surface area contributed by atoms with Crippen LogP contribution in [0.25, 0.3) is 6.08 Å². The van der Waals surface area contributed by atoms with Crippen LogP contribution < -0.4 is 0 Å². The summed E-state index contributed by atoms with van der Waals surface area (Å²) in [6.45, 7) is 0. The SMILES string of the molecule is COC(=O)c1ccc(F)c(C=C(F)F)c1. The number of esters is 1. The maximum absolute atomic E-state index is 13.0. The molecule has 5 heteroatoms. The van der Waals surface area contributed by atoms with Gasteiger partial charge in [0.05, 0.1) is 12.7 Å². The van der Waals surface area contributed by atoms with Crippen molar-refractivity contribution < 1.29 is 22.7 Å². The topological polar surface area (TPSA) is 26.3 Å². The lowest BCUT2D eigenvalue weighted by molar-refractivity contribution is 0.0600. The molecule has 1 rings (SSSR count). The van der Waals surface area contributed by atoms with Crippen molar-refractivity contribution in [2.24, 2.45) is 0 Å². The average Bonchev–Trinajstić information content (AvgIpc) is 2.19. The second-order valence-corrected chi connectivity index (χ2v) is 2.66. The normalized spacial score (nSPS) is 9.60. The highest BCUT2D eigenvalue weighted by atomic mass is 19.3. The summed E-state index contributed by atoms with van der Waals surface area (Å²) in [6.07, 6.45) is -1.68. The molecule has 0 N–H and O–H groups in total. The van der Waals surface area contributed by atoms with Gasteiger partial charge >= 0.3 is 5.97 Å².